The summed E-state index contributed by atoms with van der Waals surface area (Å²) >= 11 is 0. The van der Waals surface area contributed by atoms with E-state index >= 15 is 0 Å². The standard InChI is InChI=1S/C22H22N4O4/c1-13-4-9-19(30-3)17(10-13)24-20(27)11-18-22(28)25-21-16(12-23-26(18)21)14-5-7-15(29-2)8-6-14/h4-10,12,18H,11H2,1-3H3,(H,24,27)(H,25,28). The van der Waals surface area contributed by atoms with Gasteiger partial charge in [0.05, 0.1) is 32.5 Å². The molecule has 0 radical (unpaired) electrons. The molecule has 4 rings (SSSR count). The first-order valence-corrected chi connectivity index (χ1v) is 9.47. The van der Waals surface area contributed by atoms with Crippen molar-refractivity contribution in [2.24, 2.45) is 0 Å². The Bertz CT molecular complexity index is 1100. The fourth-order valence-electron chi connectivity index (χ4n) is 3.49. The van der Waals surface area contributed by atoms with E-state index < -0.39 is 6.04 Å². The highest BCUT2D eigenvalue weighted by Gasteiger charge is 2.35. The SMILES string of the molecule is COc1ccc(-c2cnn3c2NC(=O)C3CC(=O)Nc2cc(C)ccc2OC)cc1. The van der Waals surface area contributed by atoms with Gasteiger partial charge in [-0.3, -0.25) is 9.59 Å². The summed E-state index contributed by atoms with van der Waals surface area (Å²) in [6.45, 7) is 1.93. The minimum atomic E-state index is -0.720. The molecule has 1 unspecified atom stereocenters. The lowest BCUT2D eigenvalue weighted by Gasteiger charge is -2.13. The Kier molecular flexibility index (Phi) is 5.14. The fraction of sp³-hybridized carbons (Fsp3) is 0.227. The van der Waals surface area contributed by atoms with Crippen molar-refractivity contribution in [3.63, 3.8) is 0 Å². The van der Waals surface area contributed by atoms with E-state index in [-0.39, 0.29) is 18.2 Å². The summed E-state index contributed by atoms with van der Waals surface area (Å²) in [4.78, 5) is 25.2. The van der Waals surface area contributed by atoms with Crippen LogP contribution in [0, 0.1) is 6.92 Å². The van der Waals surface area contributed by atoms with Gasteiger partial charge >= 0.3 is 0 Å². The largest absolute Gasteiger partial charge is 0.497 e. The van der Waals surface area contributed by atoms with Crippen LogP contribution >= 0.6 is 0 Å². The quantitative estimate of drug-likeness (QED) is 0.654. The maximum absolute atomic E-state index is 12.6. The molecule has 0 bridgehead atoms. The third kappa shape index (κ3) is 3.59. The third-order valence-corrected chi connectivity index (χ3v) is 5.04. The molecular formula is C22H22N4O4. The number of carbonyl (C=O) groups is 2. The van der Waals surface area contributed by atoms with Crippen molar-refractivity contribution in [2.45, 2.75) is 19.4 Å². The predicted molar refractivity (Wildman–Crippen MR) is 113 cm³/mol. The molecule has 0 saturated heterocycles. The van der Waals surface area contributed by atoms with Crippen molar-refractivity contribution < 1.29 is 19.1 Å². The first-order chi connectivity index (χ1) is 14.5. The van der Waals surface area contributed by atoms with Gasteiger partial charge in [-0.05, 0) is 42.3 Å². The number of anilines is 2. The maximum Gasteiger partial charge on any atom is 0.251 e. The van der Waals surface area contributed by atoms with Gasteiger partial charge < -0.3 is 20.1 Å². The number of rotatable bonds is 6. The first-order valence-electron chi connectivity index (χ1n) is 9.47. The van der Waals surface area contributed by atoms with Crippen molar-refractivity contribution in [1.82, 2.24) is 9.78 Å². The summed E-state index contributed by atoms with van der Waals surface area (Å²) in [5.74, 6) is 1.32. The highest BCUT2D eigenvalue weighted by molar-refractivity contribution is 6.04. The molecule has 2 aromatic carbocycles. The van der Waals surface area contributed by atoms with Gasteiger partial charge in [-0.2, -0.15) is 5.10 Å². The van der Waals surface area contributed by atoms with Crippen LogP contribution in [0.25, 0.3) is 11.1 Å². The summed E-state index contributed by atoms with van der Waals surface area (Å²) in [5, 5.41) is 10.0. The molecule has 0 saturated carbocycles. The number of hydrogen-bond acceptors (Lipinski definition) is 5. The number of nitrogens with zero attached hydrogens (tertiary/aromatic N) is 2. The molecular weight excluding hydrogens is 384 g/mol. The lowest BCUT2D eigenvalue weighted by Crippen LogP contribution is -2.23. The van der Waals surface area contributed by atoms with E-state index in [0.29, 0.717) is 17.3 Å². The van der Waals surface area contributed by atoms with Gasteiger partial charge in [-0.25, -0.2) is 4.68 Å². The highest BCUT2D eigenvalue weighted by atomic mass is 16.5. The van der Waals surface area contributed by atoms with Crippen LogP contribution in [0.3, 0.4) is 0 Å². The molecule has 3 aromatic rings. The Hall–Kier alpha value is -3.81. The van der Waals surface area contributed by atoms with E-state index in [0.717, 1.165) is 22.4 Å². The van der Waals surface area contributed by atoms with E-state index in [1.807, 2.05) is 43.3 Å². The van der Waals surface area contributed by atoms with Crippen molar-refractivity contribution in [1.29, 1.82) is 0 Å². The molecule has 1 aromatic heterocycles. The number of amides is 2. The normalized spacial score (nSPS) is 14.8. The molecule has 1 aliphatic heterocycles. The molecule has 154 valence electrons. The first kappa shape index (κ1) is 19.5. The van der Waals surface area contributed by atoms with Crippen LogP contribution in [-0.4, -0.2) is 35.8 Å². The number of carbonyl (C=O) groups excluding carboxylic acids is 2. The fourth-order valence-corrected chi connectivity index (χ4v) is 3.49. The van der Waals surface area contributed by atoms with Gasteiger partial charge in [0.1, 0.15) is 23.4 Å². The molecule has 8 nitrogen and oxygen atoms in total. The average molecular weight is 406 g/mol. The minimum absolute atomic E-state index is 0.0420. The van der Waals surface area contributed by atoms with E-state index in [1.165, 1.54) is 0 Å². The summed E-state index contributed by atoms with van der Waals surface area (Å²) in [5.41, 5.74) is 3.24. The average Bonchev–Trinajstić information content (AvgIpc) is 3.27. The van der Waals surface area contributed by atoms with Crippen LogP contribution < -0.4 is 20.1 Å². The number of aromatic nitrogens is 2. The molecule has 0 spiro atoms. The van der Waals surface area contributed by atoms with Crippen LogP contribution in [0.1, 0.15) is 18.0 Å². The number of methoxy groups -OCH3 is 2. The molecule has 2 N–H and O–H groups in total. The second kappa shape index (κ2) is 7.90. The maximum atomic E-state index is 12.6. The van der Waals surface area contributed by atoms with E-state index in [4.69, 9.17) is 9.47 Å². The van der Waals surface area contributed by atoms with Crippen molar-refractivity contribution in [3.05, 3.63) is 54.2 Å². The van der Waals surface area contributed by atoms with Gasteiger partial charge in [0.25, 0.3) is 5.91 Å². The van der Waals surface area contributed by atoms with Crippen molar-refractivity contribution in [3.8, 4) is 22.6 Å². The van der Waals surface area contributed by atoms with Gasteiger partial charge in [-0.15, -0.1) is 0 Å². The van der Waals surface area contributed by atoms with Gasteiger partial charge in [0.15, 0.2) is 0 Å². The van der Waals surface area contributed by atoms with E-state index in [1.54, 1.807) is 31.2 Å². The summed E-state index contributed by atoms with van der Waals surface area (Å²) < 4.78 is 12.0. The predicted octanol–water partition coefficient (Wildman–Crippen LogP) is 3.40. The Labute approximate surface area is 173 Å². The van der Waals surface area contributed by atoms with Crippen LogP contribution in [0.15, 0.2) is 48.7 Å². The van der Waals surface area contributed by atoms with Crippen LogP contribution in [0.5, 0.6) is 11.5 Å². The number of ether oxygens (including phenoxy) is 2. The Balaban J connectivity index is 1.53. The molecule has 1 atom stereocenters. The van der Waals surface area contributed by atoms with Gasteiger partial charge in [0.2, 0.25) is 5.91 Å². The zero-order valence-electron chi connectivity index (χ0n) is 16.9. The number of nitrogens with one attached hydrogen (secondary N) is 2. The molecule has 30 heavy (non-hydrogen) atoms. The summed E-state index contributed by atoms with van der Waals surface area (Å²) in [6, 6.07) is 12.3. The topological polar surface area (TPSA) is 94.5 Å². The second-order valence-electron chi connectivity index (χ2n) is 7.04. The summed E-state index contributed by atoms with van der Waals surface area (Å²) in [6.07, 6.45) is 1.64. The molecule has 2 amide bonds. The smallest absolute Gasteiger partial charge is 0.251 e. The molecule has 1 aliphatic rings. The van der Waals surface area contributed by atoms with Gasteiger partial charge in [0, 0.05) is 5.56 Å². The van der Waals surface area contributed by atoms with Crippen molar-refractivity contribution >= 4 is 23.3 Å². The second-order valence-corrected chi connectivity index (χ2v) is 7.04. The van der Waals surface area contributed by atoms with Crippen LogP contribution in [0.2, 0.25) is 0 Å². The highest BCUT2D eigenvalue weighted by Crippen LogP contribution is 2.36. The lowest BCUT2D eigenvalue weighted by atomic mass is 10.1. The summed E-state index contributed by atoms with van der Waals surface area (Å²) in [7, 11) is 3.15. The molecule has 0 fully saturated rings. The Morgan fingerprint density at radius 3 is 2.63 bits per heavy atom. The number of aryl methyl sites for hydroxylation is 1. The molecule has 8 heteroatoms. The van der Waals surface area contributed by atoms with Crippen LogP contribution in [0.4, 0.5) is 11.5 Å². The zero-order chi connectivity index (χ0) is 21.3. The van der Waals surface area contributed by atoms with Crippen molar-refractivity contribution in [2.75, 3.05) is 24.9 Å². The molecule has 0 aliphatic carbocycles. The zero-order valence-corrected chi connectivity index (χ0v) is 16.9. The Morgan fingerprint density at radius 2 is 1.93 bits per heavy atom. The number of hydrogen-bond donors (Lipinski definition) is 2. The molecule has 2 heterocycles. The van der Waals surface area contributed by atoms with Gasteiger partial charge in [-0.1, -0.05) is 18.2 Å². The Morgan fingerprint density at radius 1 is 1.17 bits per heavy atom. The third-order valence-electron chi connectivity index (χ3n) is 5.04. The minimum Gasteiger partial charge on any atom is -0.497 e. The lowest BCUT2D eigenvalue weighted by molar-refractivity contribution is -0.123. The van der Waals surface area contributed by atoms with E-state index in [9.17, 15) is 9.59 Å². The van der Waals surface area contributed by atoms with Crippen LogP contribution in [-0.2, 0) is 9.59 Å². The number of fused-ring (bicyclic) bond motifs is 1. The number of benzene rings is 2. The monoisotopic (exact) mass is 406 g/mol. The van der Waals surface area contributed by atoms with E-state index in [2.05, 4.69) is 15.7 Å².